The number of carbonyl (C=O) groups is 2. The zero-order chi connectivity index (χ0) is 23.4. The Balaban J connectivity index is 1.78. The molecule has 6 nitrogen and oxygen atoms in total. The minimum atomic E-state index is -0.340. The number of hydrogen-bond acceptors (Lipinski definition) is 3. The van der Waals surface area contributed by atoms with Gasteiger partial charge in [-0.1, -0.05) is 37.6 Å². The summed E-state index contributed by atoms with van der Waals surface area (Å²) in [5.74, 6) is 0.235. The summed E-state index contributed by atoms with van der Waals surface area (Å²) in [4.78, 5) is 29.7. The minimum Gasteiger partial charge on any atom is -0.497 e. The van der Waals surface area contributed by atoms with Gasteiger partial charge in [-0.3, -0.25) is 14.5 Å². The normalized spacial score (nSPS) is 14.4. The number of carbonyl (C=O) groups excluding carboxylic acids is 2. The van der Waals surface area contributed by atoms with Crippen molar-refractivity contribution in [2.45, 2.75) is 25.8 Å². The highest BCUT2D eigenvalue weighted by molar-refractivity contribution is 6.27. The van der Waals surface area contributed by atoms with Crippen LogP contribution in [0, 0.1) is 0 Å². The molecule has 0 saturated carbocycles. The number of benzene rings is 2. The van der Waals surface area contributed by atoms with Crippen LogP contribution in [-0.2, 0) is 9.59 Å². The van der Waals surface area contributed by atoms with Crippen LogP contribution in [0.3, 0.4) is 0 Å². The molecule has 1 aliphatic heterocycles. The van der Waals surface area contributed by atoms with Gasteiger partial charge in [-0.2, -0.15) is 0 Å². The molecule has 3 aromatic rings. The number of ether oxygens (including phenoxy) is 1. The summed E-state index contributed by atoms with van der Waals surface area (Å²) in [6.45, 7) is 2.54. The zero-order valence-corrected chi connectivity index (χ0v) is 19.7. The van der Waals surface area contributed by atoms with Crippen LogP contribution in [0.25, 0.3) is 5.69 Å². The van der Waals surface area contributed by atoms with E-state index in [9.17, 15) is 9.59 Å². The summed E-state index contributed by atoms with van der Waals surface area (Å²) in [5, 5.41) is 0. The largest absolute Gasteiger partial charge is 0.497 e. The van der Waals surface area contributed by atoms with Crippen LogP contribution in [0.5, 0.6) is 5.75 Å². The Bertz CT molecular complexity index is 1130. The molecule has 0 radical (unpaired) electrons. The van der Waals surface area contributed by atoms with Gasteiger partial charge < -0.3 is 14.2 Å². The average molecular weight is 466 g/mol. The van der Waals surface area contributed by atoms with Crippen LogP contribution >= 0.6 is 11.6 Å². The predicted octanol–water partition coefficient (Wildman–Crippen LogP) is 4.79. The van der Waals surface area contributed by atoms with Crippen molar-refractivity contribution in [2.24, 2.45) is 0 Å². The van der Waals surface area contributed by atoms with Crippen molar-refractivity contribution in [1.82, 2.24) is 9.47 Å². The Hall–Kier alpha value is -3.25. The van der Waals surface area contributed by atoms with Crippen LogP contribution in [0.2, 0.25) is 0 Å². The molecule has 2 aromatic carbocycles. The number of fused-ring (bicyclic) bond motifs is 3. The average Bonchev–Trinajstić information content (AvgIpc) is 3.35. The number of alkyl halides is 1. The Morgan fingerprint density at radius 3 is 2.42 bits per heavy atom. The van der Waals surface area contributed by atoms with E-state index < -0.39 is 0 Å². The van der Waals surface area contributed by atoms with Crippen molar-refractivity contribution in [3.63, 3.8) is 0 Å². The fourth-order valence-corrected chi connectivity index (χ4v) is 4.50. The van der Waals surface area contributed by atoms with Crippen molar-refractivity contribution < 1.29 is 14.3 Å². The molecule has 4 rings (SSSR count). The second-order valence-corrected chi connectivity index (χ2v) is 8.30. The van der Waals surface area contributed by atoms with E-state index in [2.05, 4.69) is 11.5 Å². The Morgan fingerprint density at radius 1 is 1.03 bits per heavy atom. The highest BCUT2D eigenvalue weighted by Crippen LogP contribution is 2.42. The molecule has 1 aliphatic rings. The van der Waals surface area contributed by atoms with E-state index in [0.717, 1.165) is 41.2 Å². The van der Waals surface area contributed by atoms with Gasteiger partial charge in [0.15, 0.2) is 0 Å². The third-order valence-corrected chi connectivity index (χ3v) is 6.22. The molecule has 33 heavy (non-hydrogen) atoms. The van der Waals surface area contributed by atoms with Crippen LogP contribution in [0.4, 0.5) is 5.69 Å². The second-order valence-electron chi connectivity index (χ2n) is 8.03. The Morgan fingerprint density at radius 2 is 1.76 bits per heavy atom. The third kappa shape index (κ3) is 4.48. The molecule has 0 fully saturated rings. The number of hydrogen-bond donors (Lipinski definition) is 0. The van der Waals surface area contributed by atoms with Gasteiger partial charge in [0.1, 0.15) is 24.2 Å². The molecule has 1 unspecified atom stereocenters. The molecule has 1 atom stereocenters. The SMILES string of the molecule is CCCCN(CC(=O)N1c2ccccc2-n2cccc2C1c1ccc(OC)cc1)C(=O)CCl. The summed E-state index contributed by atoms with van der Waals surface area (Å²) in [6.07, 6.45) is 3.75. The van der Waals surface area contributed by atoms with Gasteiger partial charge in [-0.05, 0) is 48.4 Å². The molecule has 0 aliphatic carbocycles. The molecule has 2 amide bonds. The standard InChI is InChI=1S/C26H28ClN3O3/c1-3-4-15-28(24(31)17-27)18-25(32)30-22-9-6-5-8-21(22)29-16-7-10-23(29)26(30)19-11-13-20(33-2)14-12-19/h5-14,16,26H,3-4,15,17-18H2,1-2H3. The van der Waals surface area contributed by atoms with Crippen LogP contribution in [0.1, 0.15) is 37.1 Å². The molecular weight excluding hydrogens is 438 g/mol. The van der Waals surface area contributed by atoms with Crippen molar-refractivity contribution in [3.05, 3.63) is 78.1 Å². The fraction of sp³-hybridized carbons (Fsp3) is 0.308. The second kappa shape index (κ2) is 10.1. The highest BCUT2D eigenvalue weighted by Gasteiger charge is 2.36. The maximum atomic E-state index is 13.8. The summed E-state index contributed by atoms with van der Waals surface area (Å²) in [5.41, 5.74) is 3.68. The summed E-state index contributed by atoms with van der Waals surface area (Å²) >= 11 is 5.85. The number of aromatic nitrogens is 1. The van der Waals surface area contributed by atoms with Gasteiger partial charge in [0, 0.05) is 12.7 Å². The lowest BCUT2D eigenvalue weighted by molar-refractivity contribution is -0.133. The minimum absolute atomic E-state index is 0.0206. The van der Waals surface area contributed by atoms with E-state index in [1.54, 1.807) is 12.0 Å². The van der Waals surface area contributed by atoms with Crippen molar-refractivity contribution in [3.8, 4) is 11.4 Å². The third-order valence-electron chi connectivity index (χ3n) is 5.99. The van der Waals surface area contributed by atoms with Gasteiger partial charge in [0.2, 0.25) is 11.8 Å². The Labute approximate surface area is 199 Å². The monoisotopic (exact) mass is 465 g/mol. The molecule has 0 bridgehead atoms. The maximum Gasteiger partial charge on any atom is 0.247 e. The molecule has 1 aromatic heterocycles. The van der Waals surface area contributed by atoms with Crippen molar-refractivity contribution >= 4 is 29.1 Å². The number of nitrogens with zero attached hydrogens (tertiary/aromatic N) is 3. The van der Waals surface area contributed by atoms with Gasteiger partial charge in [-0.15, -0.1) is 11.6 Å². The number of amides is 2. The molecule has 0 N–H and O–H groups in total. The van der Waals surface area contributed by atoms with E-state index in [4.69, 9.17) is 16.3 Å². The van der Waals surface area contributed by atoms with E-state index >= 15 is 0 Å². The van der Waals surface area contributed by atoms with E-state index in [0.29, 0.717) is 6.54 Å². The topological polar surface area (TPSA) is 54.8 Å². The first-order chi connectivity index (χ1) is 16.1. The zero-order valence-electron chi connectivity index (χ0n) is 18.9. The Kier molecular flexibility index (Phi) is 7.04. The summed E-state index contributed by atoms with van der Waals surface area (Å²) in [6, 6.07) is 19.3. The number of unbranched alkanes of at least 4 members (excludes halogenated alkanes) is 1. The number of halogens is 1. The first-order valence-corrected chi connectivity index (χ1v) is 11.7. The summed E-state index contributed by atoms with van der Waals surface area (Å²) in [7, 11) is 1.63. The lowest BCUT2D eigenvalue weighted by Gasteiger charge is -2.39. The number of rotatable bonds is 8. The predicted molar refractivity (Wildman–Crippen MR) is 130 cm³/mol. The number of anilines is 1. The van der Waals surface area contributed by atoms with Gasteiger partial charge in [0.05, 0.1) is 24.2 Å². The van der Waals surface area contributed by atoms with E-state index in [1.165, 1.54) is 0 Å². The van der Waals surface area contributed by atoms with Crippen LogP contribution < -0.4 is 9.64 Å². The smallest absolute Gasteiger partial charge is 0.247 e. The van der Waals surface area contributed by atoms with E-state index in [-0.39, 0.29) is 30.3 Å². The quantitative estimate of drug-likeness (QED) is 0.449. The van der Waals surface area contributed by atoms with Crippen LogP contribution in [-0.4, -0.2) is 47.4 Å². The van der Waals surface area contributed by atoms with Gasteiger partial charge >= 0.3 is 0 Å². The van der Waals surface area contributed by atoms with Crippen molar-refractivity contribution in [1.29, 1.82) is 0 Å². The van der Waals surface area contributed by atoms with Crippen molar-refractivity contribution in [2.75, 3.05) is 31.0 Å². The highest BCUT2D eigenvalue weighted by atomic mass is 35.5. The first kappa shape index (κ1) is 22.9. The number of methoxy groups -OCH3 is 1. The lowest BCUT2D eigenvalue weighted by Crippen LogP contribution is -2.47. The molecule has 2 heterocycles. The van der Waals surface area contributed by atoms with Gasteiger partial charge in [-0.25, -0.2) is 0 Å². The van der Waals surface area contributed by atoms with Crippen LogP contribution in [0.15, 0.2) is 66.9 Å². The molecule has 0 spiro atoms. The maximum absolute atomic E-state index is 13.8. The summed E-state index contributed by atoms with van der Waals surface area (Å²) < 4.78 is 7.45. The molecule has 0 saturated heterocycles. The lowest BCUT2D eigenvalue weighted by atomic mass is 9.97. The molecule has 7 heteroatoms. The number of para-hydroxylation sites is 2. The van der Waals surface area contributed by atoms with Gasteiger partial charge in [0.25, 0.3) is 0 Å². The van der Waals surface area contributed by atoms with E-state index in [1.807, 2.05) is 71.8 Å². The fourth-order valence-electron chi connectivity index (χ4n) is 4.33. The first-order valence-electron chi connectivity index (χ1n) is 11.2. The molecule has 172 valence electrons. The molecular formula is C26H28ClN3O3.